The average Bonchev–Trinajstić information content (AvgIpc) is 2.12. The van der Waals surface area contributed by atoms with Gasteiger partial charge >= 0.3 is 0 Å². The van der Waals surface area contributed by atoms with E-state index < -0.39 is 0 Å². The van der Waals surface area contributed by atoms with Gasteiger partial charge in [0.05, 0.1) is 6.54 Å². The molecule has 14 heavy (non-hydrogen) atoms. The fraction of sp³-hybridized carbons (Fsp3) is 0.364. The number of amides is 1. The van der Waals surface area contributed by atoms with Gasteiger partial charge in [-0.05, 0) is 30.5 Å². The molecule has 0 aliphatic heterocycles. The third-order valence-electron chi connectivity index (χ3n) is 2.33. The number of nitrogens with one attached hydrogen (secondary N) is 1. The van der Waals surface area contributed by atoms with Gasteiger partial charge < -0.3 is 11.1 Å². The smallest absolute Gasteiger partial charge is 0.231 e. The fourth-order valence-corrected chi connectivity index (χ4v) is 1.32. The second-order valence-corrected chi connectivity index (χ2v) is 3.43. The summed E-state index contributed by atoms with van der Waals surface area (Å²) in [5.74, 6) is -0.324. The molecule has 0 aromatic heterocycles. The second kappa shape index (κ2) is 4.77. The Morgan fingerprint density at radius 3 is 2.79 bits per heavy atom. The molecule has 76 valence electrons. The molecule has 1 amide bonds. The highest BCUT2D eigenvalue weighted by Gasteiger charge is 2.00. The van der Waals surface area contributed by atoms with E-state index >= 15 is 0 Å². The summed E-state index contributed by atoms with van der Waals surface area (Å²) >= 11 is 0. The molecule has 0 saturated carbocycles. The summed E-state index contributed by atoms with van der Waals surface area (Å²) in [5.41, 5.74) is 8.77. The molecule has 1 aromatic rings. The minimum atomic E-state index is -0.324. The van der Waals surface area contributed by atoms with Crippen molar-refractivity contribution in [2.45, 2.75) is 20.4 Å². The van der Waals surface area contributed by atoms with Gasteiger partial charge in [0.25, 0.3) is 0 Å². The van der Waals surface area contributed by atoms with Gasteiger partial charge in [-0.15, -0.1) is 0 Å². The number of hydrogen-bond acceptors (Lipinski definition) is 2. The van der Waals surface area contributed by atoms with Gasteiger partial charge in [-0.1, -0.05) is 18.2 Å². The summed E-state index contributed by atoms with van der Waals surface area (Å²) in [5, 5.41) is 2.99. The van der Waals surface area contributed by atoms with Crippen molar-refractivity contribution < 1.29 is 4.79 Å². The van der Waals surface area contributed by atoms with E-state index in [0.29, 0.717) is 6.54 Å². The lowest BCUT2D eigenvalue weighted by Crippen LogP contribution is -2.28. The van der Waals surface area contributed by atoms with Gasteiger partial charge in [0.15, 0.2) is 0 Å². The number of rotatable bonds is 4. The second-order valence-electron chi connectivity index (χ2n) is 3.43. The molecular weight excluding hydrogens is 176 g/mol. The zero-order chi connectivity index (χ0) is 10.6. The standard InChI is InChI=1S/C11H16N2O/c1-8-4-3-5-10(9(8)2)6-13-7-11(12)14/h3-5,13H,6-7H2,1-2H3,(H2,12,14). The Kier molecular flexibility index (Phi) is 3.65. The molecule has 0 heterocycles. The van der Waals surface area contributed by atoms with Crippen LogP contribution in [-0.2, 0) is 11.3 Å². The van der Waals surface area contributed by atoms with E-state index in [-0.39, 0.29) is 12.5 Å². The highest BCUT2D eigenvalue weighted by molar-refractivity contribution is 5.75. The molecule has 0 aliphatic carbocycles. The normalized spacial score (nSPS) is 10.1. The Morgan fingerprint density at radius 1 is 1.43 bits per heavy atom. The molecule has 3 N–H and O–H groups in total. The van der Waals surface area contributed by atoms with Crippen LogP contribution in [0.4, 0.5) is 0 Å². The predicted octanol–water partition coefficient (Wildman–Crippen LogP) is 0.878. The van der Waals surface area contributed by atoms with Gasteiger partial charge in [0.1, 0.15) is 0 Å². The number of hydrogen-bond donors (Lipinski definition) is 2. The summed E-state index contributed by atoms with van der Waals surface area (Å²) in [6, 6.07) is 6.15. The Morgan fingerprint density at radius 2 is 2.14 bits per heavy atom. The summed E-state index contributed by atoms with van der Waals surface area (Å²) in [4.78, 5) is 10.5. The van der Waals surface area contributed by atoms with E-state index in [4.69, 9.17) is 5.73 Å². The SMILES string of the molecule is Cc1cccc(CNCC(N)=O)c1C. The van der Waals surface area contributed by atoms with Crippen LogP contribution in [0, 0.1) is 13.8 Å². The lowest BCUT2D eigenvalue weighted by atomic mass is 10.0. The lowest BCUT2D eigenvalue weighted by molar-refractivity contribution is -0.117. The third-order valence-corrected chi connectivity index (χ3v) is 2.33. The molecule has 3 heteroatoms. The van der Waals surface area contributed by atoms with Gasteiger partial charge in [-0.3, -0.25) is 4.79 Å². The van der Waals surface area contributed by atoms with Crippen LogP contribution >= 0.6 is 0 Å². The zero-order valence-electron chi connectivity index (χ0n) is 8.63. The van der Waals surface area contributed by atoms with Crippen LogP contribution in [0.25, 0.3) is 0 Å². The van der Waals surface area contributed by atoms with Crippen LogP contribution in [0.5, 0.6) is 0 Å². The first-order valence-corrected chi connectivity index (χ1v) is 4.65. The Hall–Kier alpha value is -1.35. The average molecular weight is 192 g/mol. The van der Waals surface area contributed by atoms with E-state index in [1.807, 2.05) is 6.07 Å². The van der Waals surface area contributed by atoms with Crippen molar-refractivity contribution >= 4 is 5.91 Å². The molecule has 0 spiro atoms. The van der Waals surface area contributed by atoms with E-state index in [0.717, 1.165) is 0 Å². The van der Waals surface area contributed by atoms with Crippen molar-refractivity contribution in [2.24, 2.45) is 5.73 Å². The van der Waals surface area contributed by atoms with Gasteiger partial charge in [0.2, 0.25) is 5.91 Å². The van der Waals surface area contributed by atoms with E-state index in [1.54, 1.807) is 0 Å². The molecule has 0 saturated heterocycles. The van der Waals surface area contributed by atoms with Crippen LogP contribution in [0.2, 0.25) is 0 Å². The highest BCUT2D eigenvalue weighted by Crippen LogP contribution is 2.11. The number of nitrogens with two attached hydrogens (primary N) is 1. The van der Waals surface area contributed by atoms with Crippen LogP contribution in [0.3, 0.4) is 0 Å². The summed E-state index contributed by atoms with van der Waals surface area (Å²) in [7, 11) is 0. The van der Waals surface area contributed by atoms with Crippen molar-refractivity contribution in [1.29, 1.82) is 0 Å². The van der Waals surface area contributed by atoms with E-state index in [9.17, 15) is 4.79 Å². The molecule has 1 rings (SSSR count). The van der Waals surface area contributed by atoms with Gasteiger partial charge in [-0.2, -0.15) is 0 Å². The quantitative estimate of drug-likeness (QED) is 0.744. The maximum atomic E-state index is 10.5. The van der Waals surface area contributed by atoms with Crippen LogP contribution in [-0.4, -0.2) is 12.5 Å². The molecule has 1 aromatic carbocycles. The Bertz CT molecular complexity index is 334. The Labute approximate surface area is 84.3 Å². The van der Waals surface area contributed by atoms with Crippen LogP contribution < -0.4 is 11.1 Å². The summed E-state index contributed by atoms with van der Waals surface area (Å²) in [6.45, 7) is 5.08. The van der Waals surface area contributed by atoms with Gasteiger partial charge in [-0.25, -0.2) is 0 Å². The minimum Gasteiger partial charge on any atom is -0.369 e. The number of carbonyl (C=O) groups excluding carboxylic acids is 1. The first-order valence-electron chi connectivity index (χ1n) is 4.65. The van der Waals surface area contributed by atoms with Crippen LogP contribution in [0.15, 0.2) is 18.2 Å². The molecule has 0 radical (unpaired) electrons. The number of carbonyl (C=O) groups is 1. The van der Waals surface area contributed by atoms with E-state index in [2.05, 4.69) is 31.3 Å². The first kappa shape index (κ1) is 10.7. The minimum absolute atomic E-state index is 0.230. The number of aryl methyl sites for hydroxylation is 1. The monoisotopic (exact) mass is 192 g/mol. The number of benzene rings is 1. The van der Waals surface area contributed by atoms with Crippen molar-refractivity contribution in [1.82, 2.24) is 5.32 Å². The van der Waals surface area contributed by atoms with Crippen molar-refractivity contribution in [3.8, 4) is 0 Å². The zero-order valence-corrected chi connectivity index (χ0v) is 8.63. The molecule has 3 nitrogen and oxygen atoms in total. The molecule has 0 bridgehead atoms. The highest BCUT2D eigenvalue weighted by atomic mass is 16.1. The first-order chi connectivity index (χ1) is 6.61. The van der Waals surface area contributed by atoms with Gasteiger partial charge in [0, 0.05) is 6.54 Å². The van der Waals surface area contributed by atoms with Crippen molar-refractivity contribution in [3.05, 3.63) is 34.9 Å². The largest absolute Gasteiger partial charge is 0.369 e. The molecular formula is C11H16N2O. The molecule has 0 atom stereocenters. The van der Waals surface area contributed by atoms with Crippen LogP contribution in [0.1, 0.15) is 16.7 Å². The molecule has 0 aliphatic rings. The lowest BCUT2D eigenvalue weighted by Gasteiger charge is -2.08. The third kappa shape index (κ3) is 2.85. The maximum absolute atomic E-state index is 10.5. The topological polar surface area (TPSA) is 55.1 Å². The van der Waals surface area contributed by atoms with Crippen molar-refractivity contribution in [2.75, 3.05) is 6.54 Å². The molecule has 0 unspecified atom stereocenters. The molecule has 0 fully saturated rings. The summed E-state index contributed by atoms with van der Waals surface area (Å²) < 4.78 is 0. The van der Waals surface area contributed by atoms with Crippen molar-refractivity contribution in [3.63, 3.8) is 0 Å². The fourth-order valence-electron chi connectivity index (χ4n) is 1.32. The van der Waals surface area contributed by atoms with E-state index in [1.165, 1.54) is 16.7 Å². The maximum Gasteiger partial charge on any atom is 0.231 e. The summed E-state index contributed by atoms with van der Waals surface area (Å²) in [6.07, 6.45) is 0. The Balaban J connectivity index is 2.59. The number of primary amides is 1. The predicted molar refractivity (Wildman–Crippen MR) is 56.8 cm³/mol.